The average molecular weight is 410 g/mol. The molecule has 150 valence electrons. The maximum Gasteiger partial charge on any atom is 0.261 e. The van der Waals surface area contributed by atoms with Crippen molar-refractivity contribution in [3.63, 3.8) is 0 Å². The normalized spacial score (nSPS) is 11.0. The van der Waals surface area contributed by atoms with Crippen LogP contribution in [0.4, 0.5) is 5.69 Å². The van der Waals surface area contributed by atoms with E-state index in [0.717, 1.165) is 11.1 Å². The summed E-state index contributed by atoms with van der Waals surface area (Å²) >= 11 is 0. The van der Waals surface area contributed by atoms with Crippen LogP contribution < -0.4 is 14.8 Å². The number of sulfonamides is 1. The Morgan fingerprint density at radius 2 is 1.59 bits per heavy atom. The highest BCUT2D eigenvalue weighted by molar-refractivity contribution is 7.92. The number of carbonyl (C=O) groups excluding carboxylic acids is 1. The van der Waals surface area contributed by atoms with Crippen LogP contribution >= 0.6 is 0 Å². The number of hydrogen-bond donors (Lipinski definition) is 2. The fourth-order valence-electron chi connectivity index (χ4n) is 2.80. The molecule has 0 fully saturated rings. The molecule has 0 aliphatic heterocycles. The van der Waals surface area contributed by atoms with Gasteiger partial charge in [-0.25, -0.2) is 8.42 Å². The van der Waals surface area contributed by atoms with E-state index in [0.29, 0.717) is 23.5 Å². The van der Waals surface area contributed by atoms with Crippen LogP contribution in [-0.2, 0) is 16.6 Å². The molecule has 0 unspecified atom stereocenters. The number of para-hydroxylation sites is 2. The molecule has 1 amide bonds. The lowest BCUT2D eigenvalue weighted by Gasteiger charge is -2.11. The highest BCUT2D eigenvalue weighted by atomic mass is 32.2. The highest BCUT2D eigenvalue weighted by Gasteiger charge is 2.16. The first kappa shape index (κ1) is 20.4. The van der Waals surface area contributed by atoms with E-state index >= 15 is 0 Å². The third-order valence-corrected chi connectivity index (χ3v) is 5.83. The maximum atomic E-state index is 12.6. The molecule has 3 aromatic rings. The van der Waals surface area contributed by atoms with Gasteiger partial charge in [0.1, 0.15) is 5.75 Å². The lowest BCUT2D eigenvalue weighted by atomic mass is 10.2. The predicted octanol–water partition coefficient (Wildman–Crippen LogP) is 3.73. The quantitative estimate of drug-likeness (QED) is 0.622. The second-order valence-corrected chi connectivity index (χ2v) is 8.12. The third-order valence-electron chi connectivity index (χ3n) is 4.45. The third kappa shape index (κ3) is 4.94. The minimum Gasteiger partial charge on any atom is -0.496 e. The molecular formula is C22H22N2O4S. The minimum atomic E-state index is -3.74. The number of benzene rings is 3. The van der Waals surface area contributed by atoms with E-state index in [2.05, 4.69) is 10.0 Å². The molecule has 3 rings (SSSR count). The predicted molar refractivity (Wildman–Crippen MR) is 113 cm³/mol. The summed E-state index contributed by atoms with van der Waals surface area (Å²) in [5.74, 6) is 0.392. The van der Waals surface area contributed by atoms with Crippen LogP contribution in [0.3, 0.4) is 0 Å². The summed E-state index contributed by atoms with van der Waals surface area (Å²) in [6, 6.07) is 20.4. The number of ether oxygens (including phenoxy) is 1. The summed E-state index contributed by atoms with van der Waals surface area (Å²) in [7, 11) is -2.17. The summed E-state index contributed by atoms with van der Waals surface area (Å²) in [6.45, 7) is 2.13. The van der Waals surface area contributed by atoms with Crippen molar-refractivity contribution in [2.45, 2.75) is 18.4 Å². The molecule has 0 bridgehead atoms. The SMILES string of the molecule is COc1ccccc1CNC(=O)c1ccc(S(=O)(=O)Nc2ccccc2C)cc1. The molecular weight excluding hydrogens is 388 g/mol. The van der Waals surface area contributed by atoms with Crippen molar-refractivity contribution in [2.24, 2.45) is 0 Å². The molecule has 0 saturated carbocycles. The molecule has 6 nitrogen and oxygen atoms in total. The molecule has 0 saturated heterocycles. The van der Waals surface area contributed by atoms with Gasteiger partial charge in [-0.3, -0.25) is 9.52 Å². The van der Waals surface area contributed by atoms with Crippen LogP contribution in [-0.4, -0.2) is 21.4 Å². The van der Waals surface area contributed by atoms with Gasteiger partial charge in [0.2, 0.25) is 0 Å². The fourth-order valence-corrected chi connectivity index (χ4v) is 3.93. The zero-order valence-corrected chi connectivity index (χ0v) is 17.0. The van der Waals surface area contributed by atoms with Crippen molar-refractivity contribution in [1.29, 1.82) is 0 Å². The van der Waals surface area contributed by atoms with Gasteiger partial charge in [-0.15, -0.1) is 0 Å². The Labute approximate surface area is 170 Å². The summed E-state index contributed by atoms with van der Waals surface area (Å²) < 4.78 is 33.0. The van der Waals surface area contributed by atoms with Crippen molar-refractivity contribution in [3.05, 3.63) is 89.5 Å². The van der Waals surface area contributed by atoms with Gasteiger partial charge in [-0.05, 0) is 48.9 Å². The summed E-state index contributed by atoms with van der Waals surface area (Å²) in [4.78, 5) is 12.5. The van der Waals surface area contributed by atoms with Crippen LogP contribution in [0.15, 0.2) is 77.7 Å². The van der Waals surface area contributed by atoms with E-state index < -0.39 is 10.0 Å². The van der Waals surface area contributed by atoms with Crippen LogP contribution in [0.1, 0.15) is 21.5 Å². The molecule has 0 spiro atoms. The van der Waals surface area contributed by atoms with E-state index in [4.69, 9.17) is 4.74 Å². The molecule has 3 aromatic carbocycles. The Bertz CT molecular complexity index is 1110. The lowest BCUT2D eigenvalue weighted by molar-refractivity contribution is 0.0950. The number of hydrogen-bond acceptors (Lipinski definition) is 4. The van der Waals surface area contributed by atoms with E-state index in [1.165, 1.54) is 24.3 Å². The van der Waals surface area contributed by atoms with E-state index in [-0.39, 0.29) is 10.8 Å². The van der Waals surface area contributed by atoms with E-state index in [1.807, 2.05) is 43.3 Å². The zero-order valence-electron chi connectivity index (χ0n) is 16.2. The van der Waals surface area contributed by atoms with Crippen LogP contribution in [0.2, 0.25) is 0 Å². The largest absolute Gasteiger partial charge is 0.496 e. The first-order chi connectivity index (χ1) is 13.9. The van der Waals surface area contributed by atoms with Crippen molar-refractivity contribution < 1.29 is 17.9 Å². The van der Waals surface area contributed by atoms with Gasteiger partial charge in [-0.2, -0.15) is 0 Å². The van der Waals surface area contributed by atoms with Crippen molar-refractivity contribution in [1.82, 2.24) is 5.32 Å². The molecule has 2 N–H and O–H groups in total. The van der Waals surface area contributed by atoms with Crippen molar-refractivity contribution in [3.8, 4) is 5.75 Å². The monoisotopic (exact) mass is 410 g/mol. The summed E-state index contributed by atoms with van der Waals surface area (Å²) in [6.07, 6.45) is 0. The first-order valence-corrected chi connectivity index (χ1v) is 10.5. The number of aryl methyl sites for hydroxylation is 1. The maximum absolute atomic E-state index is 12.6. The molecule has 0 aliphatic rings. The Morgan fingerprint density at radius 3 is 2.28 bits per heavy atom. The van der Waals surface area contributed by atoms with Crippen LogP contribution in [0.25, 0.3) is 0 Å². The average Bonchev–Trinajstić information content (AvgIpc) is 2.74. The molecule has 0 heterocycles. The summed E-state index contributed by atoms with van der Waals surface area (Å²) in [5.41, 5.74) is 2.56. The summed E-state index contributed by atoms with van der Waals surface area (Å²) in [5, 5.41) is 2.81. The van der Waals surface area contributed by atoms with Gasteiger partial charge < -0.3 is 10.1 Å². The Kier molecular flexibility index (Phi) is 6.19. The van der Waals surface area contributed by atoms with Gasteiger partial charge in [-0.1, -0.05) is 36.4 Å². The molecule has 29 heavy (non-hydrogen) atoms. The van der Waals surface area contributed by atoms with Gasteiger partial charge in [0.05, 0.1) is 17.7 Å². The Morgan fingerprint density at radius 1 is 0.931 bits per heavy atom. The molecule has 0 aromatic heterocycles. The van der Waals surface area contributed by atoms with Crippen LogP contribution in [0, 0.1) is 6.92 Å². The fraction of sp³-hybridized carbons (Fsp3) is 0.136. The Balaban J connectivity index is 1.69. The lowest BCUT2D eigenvalue weighted by Crippen LogP contribution is -2.23. The number of carbonyl (C=O) groups is 1. The minimum absolute atomic E-state index is 0.0852. The number of rotatable bonds is 7. The number of amides is 1. The van der Waals surface area contributed by atoms with E-state index in [1.54, 1.807) is 19.2 Å². The van der Waals surface area contributed by atoms with Gasteiger partial charge >= 0.3 is 0 Å². The smallest absolute Gasteiger partial charge is 0.261 e. The topological polar surface area (TPSA) is 84.5 Å². The first-order valence-electron chi connectivity index (χ1n) is 8.99. The van der Waals surface area contributed by atoms with Gasteiger partial charge in [0.15, 0.2) is 0 Å². The second kappa shape index (κ2) is 8.79. The molecule has 0 atom stereocenters. The number of anilines is 1. The number of nitrogens with one attached hydrogen (secondary N) is 2. The van der Waals surface area contributed by atoms with Crippen LogP contribution in [0.5, 0.6) is 5.75 Å². The zero-order chi connectivity index (χ0) is 20.9. The van der Waals surface area contributed by atoms with Crippen molar-refractivity contribution >= 4 is 21.6 Å². The van der Waals surface area contributed by atoms with Gasteiger partial charge in [0.25, 0.3) is 15.9 Å². The van der Waals surface area contributed by atoms with Crippen molar-refractivity contribution in [2.75, 3.05) is 11.8 Å². The Hall–Kier alpha value is -3.32. The molecule has 0 radical (unpaired) electrons. The molecule has 0 aliphatic carbocycles. The number of methoxy groups -OCH3 is 1. The standard InChI is InChI=1S/C22H22N2O4S/c1-16-7-3-5-9-20(16)24-29(26,27)19-13-11-17(12-14-19)22(25)23-15-18-8-4-6-10-21(18)28-2/h3-14,24H,15H2,1-2H3,(H,23,25). The van der Waals surface area contributed by atoms with Gasteiger partial charge in [0, 0.05) is 17.7 Å². The van der Waals surface area contributed by atoms with E-state index in [9.17, 15) is 13.2 Å². The highest BCUT2D eigenvalue weighted by Crippen LogP contribution is 2.20. The second-order valence-electron chi connectivity index (χ2n) is 6.44. The molecule has 7 heteroatoms.